The lowest BCUT2D eigenvalue weighted by molar-refractivity contribution is -0.140. The predicted octanol–water partition coefficient (Wildman–Crippen LogP) is 4.16. The molecule has 0 saturated heterocycles. The molecule has 0 heterocycles. The van der Waals surface area contributed by atoms with Gasteiger partial charge in [-0.2, -0.15) is 0 Å². The number of unbranched alkanes of at least 4 members (excludes halogenated alkanes) is 2. The Morgan fingerprint density at radius 1 is 1.14 bits per heavy atom. The molecule has 164 valence electrons. The summed E-state index contributed by atoms with van der Waals surface area (Å²) >= 11 is 0. The second-order valence-corrected chi connectivity index (χ2v) is 7.83. The van der Waals surface area contributed by atoms with E-state index in [0.717, 1.165) is 38.5 Å². The molecule has 5 atom stereocenters. The minimum Gasteiger partial charge on any atom is -0.469 e. The highest BCUT2D eigenvalue weighted by molar-refractivity contribution is 5.68. The smallest absolute Gasteiger partial charge is 0.305 e. The SMILES string of the molecule is CC/C=C\CC1C(/C=C/C(C)(O)CCCCC)[C@H](O)C[C@@H]1O.CCC(=O)OC. The van der Waals surface area contributed by atoms with Gasteiger partial charge in [-0.05, 0) is 32.1 Å². The van der Waals surface area contributed by atoms with Gasteiger partial charge < -0.3 is 20.1 Å². The van der Waals surface area contributed by atoms with Gasteiger partial charge in [-0.15, -0.1) is 0 Å². The van der Waals surface area contributed by atoms with Crippen LogP contribution in [-0.2, 0) is 9.53 Å². The van der Waals surface area contributed by atoms with Crippen molar-refractivity contribution in [1.29, 1.82) is 0 Å². The van der Waals surface area contributed by atoms with Gasteiger partial charge in [-0.3, -0.25) is 4.79 Å². The maximum atomic E-state index is 10.4. The first-order chi connectivity index (χ1) is 13.2. The van der Waals surface area contributed by atoms with Crippen LogP contribution in [0.3, 0.4) is 0 Å². The molecule has 0 aromatic carbocycles. The molecule has 1 rings (SSSR count). The second-order valence-electron chi connectivity index (χ2n) is 7.83. The van der Waals surface area contributed by atoms with Gasteiger partial charge in [0.25, 0.3) is 0 Å². The molecule has 1 aliphatic carbocycles. The number of aliphatic hydroxyl groups is 3. The van der Waals surface area contributed by atoms with E-state index in [4.69, 9.17) is 0 Å². The molecule has 1 fully saturated rings. The fourth-order valence-electron chi connectivity index (χ4n) is 3.41. The first-order valence-electron chi connectivity index (χ1n) is 10.7. The molecule has 28 heavy (non-hydrogen) atoms. The fourth-order valence-corrected chi connectivity index (χ4v) is 3.41. The number of allylic oxidation sites excluding steroid dienone is 2. The summed E-state index contributed by atoms with van der Waals surface area (Å²) in [6.45, 7) is 7.81. The number of aliphatic hydroxyl groups excluding tert-OH is 2. The van der Waals surface area contributed by atoms with Crippen LogP contribution in [0.25, 0.3) is 0 Å². The van der Waals surface area contributed by atoms with E-state index in [1.807, 2.05) is 19.1 Å². The summed E-state index contributed by atoms with van der Waals surface area (Å²) in [6.07, 6.45) is 13.6. The van der Waals surface area contributed by atoms with Gasteiger partial charge in [0.1, 0.15) is 0 Å². The van der Waals surface area contributed by atoms with E-state index in [9.17, 15) is 20.1 Å². The van der Waals surface area contributed by atoms with E-state index in [1.54, 1.807) is 6.92 Å². The lowest BCUT2D eigenvalue weighted by Gasteiger charge is -2.23. The molecule has 0 aromatic heterocycles. The van der Waals surface area contributed by atoms with Crippen molar-refractivity contribution < 1.29 is 24.9 Å². The zero-order valence-corrected chi connectivity index (χ0v) is 18.4. The van der Waals surface area contributed by atoms with Crippen molar-refractivity contribution in [1.82, 2.24) is 0 Å². The topological polar surface area (TPSA) is 87.0 Å². The van der Waals surface area contributed by atoms with Crippen LogP contribution in [0.4, 0.5) is 0 Å². The van der Waals surface area contributed by atoms with E-state index < -0.39 is 17.8 Å². The molecule has 1 saturated carbocycles. The largest absolute Gasteiger partial charge is 0.469 e. The number of carbonyl (C=O) groups excluding carboxylic acids is 1. The lowest BCUT2D eigenvalue weighted by Crippen LogP contribution is -2.24. The maximum absolute atomic E-state index is 10.4. The van der Waals surface area contributed by atoms with Gasteiger partial charge in [0.05, 0.1) is 24.9 Å². The van der Waals surface area contributed by atoms with E-state index in [0.29, 0.717) is 12.8 Å². The zero-order valence-electron chi connectivity index (χ0n) is 18.4. The minimum absolute atomic E-state index is 0.0421. The molecule has 5 nitrogen and oxygen atoms in total. The van der Waals surface area contributed by atoms with Crippen molar-refractivity contribution in [3.05, 3.63) is 24.3 Å². The molecular weight excluding hydrogens is 356 g/mol. The highest BCUT2D eigenvalue weighted by Crippen LogP contribution is 2.36. The Balaban J connectivity index is 0.00000105. The third-order valence-electron chi connectivity index (χ3n) is 5.21. The number of hydrogen-bond donors (Lipinski definition) is 3. The molecule has 3 N–H and O–H groups in total. The van der Waals surface area contributed by atoms with Crippen molar-refractivity contribution in [3.8, 4) is 0 Å². The van der Waals surface area contributed by atoms with Gasteiger partial charge in [0.2, 0.25) is 0 Å². The number of ether oxygens (including phenoxy) is 1. The van der Waals surface area contributed by atoms with E-state index in [1.165, 1.54) is 7.11 Å². The standard InChI is InChI=1S/C19H34O3.C4H8O2/c1-4-6-8-10-15-16(18(21)14-17(15)20)11-13-19(3,22)12-9-7-5-2;1-3-4(5)6-2/h6,8,11,13,15-18,20-22H,4-5,7,9-10,12,14H2,1-3H3;3H2,1-2H3/b8-6-,13-11+;/t15?,16?,17-,18+,19?;/m0./s1. The lowest BCUT2D eigenvalue weighted by atomic mass is 9.88. The van der Waals surface area contributed by atoms with Crippen molar-refractivity contribution in [2.45, 2.75) is 96.9 Å². The third kappa shape index (κ3) is 11.0. The normalized spacial score (nSPS) is 26.9. The van der Waals surface area contributed by atoms with Crippen LogP contribution in [0.15, 0.2) is 24.3 Å². The maximum Gasteiger partial charge on any atom is 0.305 e. The van der Waals surface area contributed by atoms with Crippen LogP contribution in [0, 0.1) is 11.8 Å². The van der Waals surface area contributed by atoms with E-state index in [2.05, 4.69) is 30.7 Å². The highest BCUT2D eigenvalue weighted by atomic mass is 16.5. The number of carbonyl (C=O) groups is 1. The zero-order chi connectivity index (χ0) is 21.6. The summed E-state index contributed by atoms with van der Waals surface area (Å²) < 4.78 is 4.26. The quantitative estimate of drug-likeness (QED) is 0.292. The number of methoxy groups -OCH3 is 1. The number of rotatable bonds is 10. The van der Waals surface area contributed by atoms with Crippen molar-refractivity contribution in [3.63, 3.8) is 0 Å². The summed E-state index contributed by atoms with van der Waals surface area (Å²) in [6, 6.07) is 0. The average molecular weight is 399 g/mol. The molecule has 3 unspecified atom stereocenters. The summed E-state index contributed by atoms with van der Waals surface area (Å²) in [5.41, 5.74) is -0.827. The van der Waals surface area contributed by atoms with Crippen LogP contribution >= 0.6 is 0 Å². The monoisotopic (exact) mass is 398 g/mol. The first-order valence-corrected chi connectivity index (χ1v) is 10.7. The van der Waals surface area contributed by atoms with Gasteiger partial charge in [-0.25, -0.2) is 0 Å². The molecule has 0 aromatic rings. The molecule has 0 aliphatic heterocycles. The Hall–Kier alpha value is -1.17. The first kappa shape index (κ1) is 26.8. The van der Waals surface area contributed by atoms with Gasteiger partial charge >= 0.3 is 5.97 Å². The van der Waals surface area contributed by atoms with E-state index in [-0.39, 0.29) is 17.8 Å². The minimum atomic E-state index is -0.827. The molecular formula is C23H42O5. The van der Waals surface area contributed by atoms with Crippen LogP contribution in [0.1, 0.15) is 79.1 Å². The summed E-state index contributed by atoms with van der Waals surface area (Å²) in [5, 5.41) is 30.7. The molecule has 5 heteroatoms. The van der Waals surface area contributed by atoms with Crippen molar-refractivity contribution in [2.24, 2.45) is 11.8 Å². The Morgan fingerprint density at radius 3 is 2.32 bits per heavy atom. The second kappa shape index (κ2) is 14.8. The van der Waals surface area contributed by atoms with Crippen LogP contribution in [0.2, 0.25) is 0 Å². The molecule has 0 radical (unpaired) electrons. The Kier molecular flexibility index (Phi) is 14.2. The average Bonchev–Trinajstić information content (AvgIpc) is 2.93. The number of hydrogen-bond acceptors (Lipinski definition) is 5. The van der Waals surface area contributed by atoms with Gasteiger partial charge in [0, 0.05) is 18.8 Å². The Morgan fingerprint density at radius 2 is 1.82 bits per heavy atom. The van der Waals surface area contributed by atoms with Crippen LogP contribution in [0.5, 0.6) is 0 Å². The Bertz CT molecular complexity index is 464. The summed E-state index contributed by atoms with van der Waals surface area (Å²) in [7, 11) is 1.38. The van der Waals surface area contributed by atoms with E-state index >= 15 is 0 Å². The highest BCUT2D eigenvalue weighted by Gasteiger charge is 2.39. The summed E-state index contributed by atoms with van der Waals surface area (Å²) in [5.74, 6) is -0.190. The summed E-state index contributed by atoms with van der Waals surface area (Å²) in [4.78, 5) is 9.96. The predicted molar refractivity (Wildman–Crippen MR) is 114 cm³/mol. The third-order valence-corrected chi connectivity index (χ3v) is 5.21. The fraction of sp³-hybridized carbons (Fsp3) is 0.783. The van der Waals surface area contributed by atoms with Crippen molar-refractivity contribution >= 4 is 5.97 Å². The van der Waals surface area contributed by atoms with Gasteiger partial charge in [0.15, 0.2) is 0 Å². The van der Waals surface area contributed by atoms with Crippen LogP contribution in [-0.4, -0.2) is 46.2 Å². The Labute approximate surface area is 171 Å². The molecule has 0 spiro atoms. The van der Waals surface area contributed by atoms with Crippen molar-refractivity contribution in [2.75, 3.05) is 7.11 Å². The number of esters is 1. The van der Waals surface area contributed by atoms with Crippen LogP contribution < -0.4 is 0 Å². The van der Waals surface area contributed by atoms with Gasteiger partial charge in [-0.1, -0.05) is 64.3 Å². The molecule has 0 amide bonds. The molecule has 1 aliphatic rings. The molecule has 0 bridgehead atoms.